The van der Waals surface area contributed by atoms with Crippen LogP contribution in [-0.4, -0.2) is 5.51 Å². The van der Waals surface area contributed by atoms with Crippen molar-refractivity contribution in [3.8, 4) is 17.9 Å². The summed E-state index contributed by atoms with van der Waals surface area (Å²) >= 11 is -0.202. The van der Waals surface area contributed by atoms with E-state index in [-0.39, 0.29) is 16.7 Å². The standard InChI is InChI=1S/C10H4F3NS/c11-10(12,13)15-9-5-1-3-8(7-9)4-2-6-14/h1,3,5,7H. The molecule has 5 heteroatoms. The van der Waals surface area contributed by atoms with Crippen molar-refractivity contribution in [1.82, 2.24) is 0 Å². The van der Waals surface area contributed by atoms with Gasteiger partial charge in [-0.2, -0.15) is 18.4 Å². The fraction of sp³-hybridized carbons (Fsp3) is 0.100. The minimum Gasteiger partial charge on any atom is -0.183 e. The lowest BCUT2D eigenvalue weighted by molar-refractivity contribution is -0.0328. The number of hydrogen-bond acceptors (Lipinski definition) is 2. The van der Waals surface area contributed by atoms with Crippen LogP contribution in [0.1, 0.15) is 5.56 Å². The summed E-state index contributed by atoms with van der Waals surface area (Å²) < 4.78 is 36.0. The molecular weight excluding hydrogens is 223 g/mol. The van der Waals surface area contributed by atoms with Gasteiger partial charge < -0.3 is 0 Å². The molecule has 1 nitrogen and oxygen atoms in total. The van der Waals surface area contributed by atoms with Gasteiger partial charge in [-0.25, -0.2) is 0 Å². The summed E-state index contributed by atoms with van der Waals surface area (Å²) in [5, 5.41) is 8.17. The normalized spacial score (nSPS) is 10.0. The lowest BCUT2D eigenvalue weighted by Gasteiger charge is -2.04. The largest absolute Gasteiger partial charge is 0.446 e. The monoisotopic (exact) mass is 227 g/mol. The molecule has 0 unspecified atom stereocenters. The zero-order chi connectivity index (χ0) is 11.3. The van der Waals surface area contributed by atoms with Gasteiger partial charge in [0, 0.05) is 16.4 Å². The molecule has 0 aliphatic rings. The first-order valence-corrected chi connectivity index (χ1v) is 4.59. The molecule has 0 radical (unpaired) electrons. The highest BCUT2D eigenvalue weighted by Gasteiger charge is 2.29. The van der Waals surface area contributed by atoms with E-state index in [2.05, 4.69) is 11.8 Å². The zero-order valence-corrected chi connectivity index (χ0v) is 8.12. The Balaban J connectivity index is 2.89. The first kappa shape index (κ1) is 11.5. The highest BCUT2D eigenvalue weighted by atomic mass is 32.2. The number of nitrogens with zero attached hydrogens (tertiary/aromatic N) is 1. The topological polar surface area (TPSA) is 23.8 Å². The molecule has 0 aromatic heterocycles. The Labute approximate surface area is 88.9 Å². The molecule has 0 bridgehead atoms. The van der Waals surface area contributed by atoms with Crippen LogP contribution in [-0.2, 0) is 0 Å². The van der Waals surface area contributed by atoms with Gasteiger partial charge in [0.25, 0.3) is 0 Å². The van der Waals surface area contributed by atoms with E-state index in [1.54, 1.807) is 12.1 Å². The summed E-state index contributed by atoms with van der Waals surface area (Å²) in [6.45, 7) is 0. The van der Waals surface area contributed by atoms with Gasteiger partial charge in [-0.1, -0.05) is 12.0 Å². The summed E-state index contributed by atoms with van der Waals surface area (Å²) in [5.41, 5.74) is -3.91. The lowest BCUT2D eigenvalue weighted by Crippen LogP contribution is -1.98. The number of nitriles is 1. The second kappa shape index (κ2) is 4.77. The molecule has 0 aliphatic carbocycles. The molecule has 1 aromatic carbocycles. The van der Waals surface area contributed by atoms with E-state index >= 15 is 0 Å². The van der Waals surface area contributed by atoms with Gasteiger partial charge in [-0.15, -0.1) is 0 Å². The number of halogens is 3. The molecule has 0 aliphatic heterocycles. The van der Waals surface area contributed by atoms with Crippen LogP contribution >= 0.6 is 11.8 Å². The van der Waals surface area contributed by atoms with E-state index in [1.807, 2.05) is 0 Å². The summed E-state index contributed by atoms with van der Waals surface area (Å²) in [4.78, 5) is 0.0623. The number of thioether (sulfide) groups is 1. The third kappa shape index (κ3) is 4.44. The van der Waals surface area contributed by atoms with Crippen LogP contribution in [0.2, 0.25) is 0 Å². The fourth-order valence-corrected chi connectivity index (χ4v) is 1.47. The summed E-state index contributed by atoms with van der Waals surface area (Å²) in [6.07, 6.45) is 0. The molecule has 1 rings (SSSR count). The van der Waals surface area contributed by atoms with Crippen molar-refractivity contribution in [3.05, 3.63) is 29.8 Å². The van der Waals surface area contributed by atoms with E-state index in [0.717, 1.165) is 0 Å². The van der Waals surface area contributed by atoms with E-state index in [0.29, 0.717) is 5.56 Å². The second-order valence-electron chi connectivity index (χ2n) is 2.44. The van der Waals surface area contributed by atoms with Gasteiger partial charge in [-0.3, -0.25) is 0 Å². The molecule has 0 saturated heterocycles. The Bertz CT molecular complexity index is 448. The minimum atomic E-state index is -4.30. The van der Waals surface area contributed by atoms with Crippen molar-refractivity contribution < 1.29 is 13.2 Å². The van der Waals surface area contributed by atoms with Crippen LogP contribution in [0.3, 0.4) is 0 Å². The molecule has 0 heterocycles. The number of hydrogen-bond donors (Lipinski definition) is 0. The van der Waals surface area contributed by atoms with Crippen molar-refractivity contribution in [3.63, 3.8) is 0 Å². The van der Waals surface area contributed by atoms with Gasteiger partial charge in [-0.05, 0) is 30.0 Å². The quantitative estimate of drug-likeness (QED) is 0.543. The fourth-order valence-electron chi connectivity index (χ4n) is 0.871. The highest BCUT2D eigenvalue weighted by molar-refractivity contribution is 8.00. The minimum absolute atomic E-state index is 0.0623. The SMILES string of the molecule is N#CC#Cc1cccc(SC(F)(F)F)c1. The molecule has 1 aromatic rings. The van der Waals surface area contributed by atoms with Crippen LogP contribution in [0.15, 0.2) is 29.2 Å². The molecule has 15 heavy (non-hydrogen) atoms. The molecule has 0 fully saturated rings. The number of benzene rings is 1. The second-order valence-corrected chi connectivity index (χ2v) is 3.58. The van der Waals surface area contributed by atoms with E-state index in [4.69, 9.17) is 5.26 Å². The van der Waals surface area contributed by atoms with Crippen LogP contribution in [0, 0.1) is 23.2 Å². The Morgan fingerprint density at radius 2 is 2.00 bits per heavy atom. The molecular formula is C10H4F3NS. The van der Waals surface area contributed by atoms with Gasteiger partial charge in [0.2, 0.25) is 0 Å². The van der Waals surface area contributed by atoms with Crippen molar-refractivity contribution >= 4 is 11.8 Å². The number of rotatable bonds is 1. The molecule has 0 atom stereocenters. The third-order valence-corrected chi connectivity index (χ3v) is 2.05. The molecule has 0 N–H and O–H groups in total. The Hall–Kier alpha value is -1.59. The average Bonchev–Trinajstić information content (AvgIpc) is 2.12. The number of alkyl halides is 3. The molecule has 76 valence electrons. The van der Waals surface area contributed by atoms with Crippen LogP contribution in [0.4, 0.5) is 13.2 Å². The van der Waals surface area contributed by atoms with Gasteiger partial charge in [0.15, 0.2) is 6.07 Å². The Morgan fingerprint density at radius 3 is 2.60 bits per heavy atom. The maximum atomic E-state index is 12.0. The maximum absolute atomic E-state index is 12.0. The maximum Gasteiger partial charge on any atom is 0.446 e. The third-order valence-electron chi connectivity index (χ3n) is 1.33. The lowest BCUT2D eigenvalue weighted by atomic mass is 10.2. The van der Waals surface area contributed by atoms with Crippen molar-refractivity contribution in [2.75, 3.05) is 0 Å². The predicted molar refractivity (Wildman–Crippen MR) is 50.8 cm³/mol. The first-order chi connectivity index (χ1) is 7.01. The van der Waals surface area contributed by atoms with Gasteiger partial charge >= 0.3 is 5.51 Å². The average molecular weight is 227 g/mol. The van der Waals surface area contributed by atoms with Gasteiger partial charge in [0.05, 0.1) is 0 Å². The molecule has 0 spiro atoms. The van der Waals surface area contributed by atoms with Crippen molar-refractivity contribution in [2.24, 2.45) is 0 Å². The predicted octanol–water partition coefficient (Wildman–Crippen LogP) is 3.17. The Morgan fingerprint density at radius 1 is 1.27 bits per heavy atom. The van der Waals surface area contributed by atoms with Crippen LogP contribution in [0.5, 0.6) is 0 Å². The van der Waals surface area contributed by atoms with Crippen LogP contribution in [0.25, 0.3) is 0 Å². The molecule has 0 saturated carbocycles. The van der Waals surface area contributed by atoms with E-state index in [1.165, 1.54) is 18.2 Å². The molecule has 0 amide bonds. The first-order valence-electron chi connectivity index (χ1n) is 3.77. The van der Waals surface area contributed by atoms with E-state index < -0.39 is 5.51 Å². The van der Waals surface area contributed by atoms with Crippen molar-refractivity contribution in [2.45, 2.75) is 10.4 Å². The summed E-state index contributed by atoms with van der Waals surface area (Å²) in [5.74, 6) is 4.55. The summed E-state index contributed by atoms with van der Waals surface area (Å²) in [7, 11) is 0. The Kier molecular flexibility index (Phi) is 3.65. The summed E-state index contributed by atoms with van der Waals surface area (Å²) in [6, 6.07) is 7.24. The van der Waals surface area contributed by atoms with E-state index in [9.17, 15) is 13.2 Å². The van der Waals surface area contributed by atoms with Gasteiger partial charge in [0.1, 0.15) is 0 Å². The van der Waals surface area contributed by atoms with Crippen LogP contribution < -0.4 is 0 Å². The highest BCUT2D eigenvalue weighted by Crippen LogP contribution is 2.36. The smallest absolute Gasteiger partial charge is 0.183 e. The zero-order valence-electron chi connectivity index (χ0n) is 7.30. The van der Waals surface area contributed by atoms with Crippen molar-refractivity contribution in [1.29, 1.82) is 5.26 Å².